The molecule has 6 heteroatoms. The Morgan fingerprint density at radius 1 is 1.47 bits per heavy atom. The molecule has 1 atom stereocenters. The van der Waals surface area contributed by atoms with Crippen molar-refractivity contribution >= 4 is 11.8 Å². The van der Waals surface area contributed by atoms with Gasteiger partial charge in [0.05, 0.1) is 5.92 Å². The van der Waals surface area contributed by atoms with Crippen LogP contribution in [0.2, 0.25) is 0 Å². The number of nitrogens with one attached hydrogen (secondary N) is 1. The minimum atomic E-state index is -0.231. The van der Waals surface area contributed by atoms with Crippen LogP contribution in [0.1, 0.15) is 19.3 Å². The Balaban J connectivity index is 2.29. The van der Waals surface area contributed by atoms with Crippen molar-refractivity contribution in [3.8, 4) is 0 Å². The van der Waals surface area contributed by atoms with Crippen LogP contribution in [0.5, 0.6) is 0 Å². The highest BCUT2D eigenvalue weighted by atomic mass is 16.3. The van der Waals surface area contributed by atoms with Gasteiger partial charge in [0.1, 0.15) is 0 Å². The number of carbonyl (C=O) groups is 2. The van der Waals surface area contributed by atoms with Crippen LogP contribution in [-0.2, 0) is 9.59 Å². The highest BCUT2D eigenvalue weighted by molar-refractivity contribution is 5.89. The predicted octanol–water partition coefficient (Wildman–Crippen LogP) is -0.715. The summed E-state index contributed by atoms with van der Waals surface area (Å²) in [4.78, 5) is 27.5. The van der Waals surface area contributed by atoms with E-state index in [2.05, 4.69) is 10.2 Å². The van der Waals surface area contributed by atoms with Crippen LogP contribution in [0.4, 0.5) is 0 Å². The van der Waals surface area contributed by atoms with Gasteiger partial charge in [-0.3, -0.25) is 9.59 Å². The van der Waals surface area contributed by atoms with Gasteiger partial charge in [0.2, 0.25) is 11.8 Å². The summed E-state index contributed by atoms with van der Waals surface area (Å²) in [5, 5.41) is 11.4. The maximum absolute atomic E-state index is 11.8. The van der Waals surface area contributed by atoms with Crippen molar-refractivity contribution < 1.29 is 14.7 Å². The van der Waals surface area contributed by atoms with Crippen LogP contribution >= 0.6 is 0 Å². The lowest BCUT2D eigenvalue weighted by atomic mass is 10.1. The molecule has 2 N–H and O–H groups in total. The second-order valence-corrected chi connectivity index (χ2v) is 5.27. The fourth-order valence-electron chi connectivity index (χ4n) is 2.18. The van der Waals surface area contributed by atoms with Crippen LogP contribution < -0.4 is 5.32 Å². The van der Waals surface area contributed by atoms with E-state index in [1.165, 1.54) is 0 Å². The van der Waals surface area contributed by atoms with Crippen molar-refractivity contribution in [3.63, 3.8) is 0 Å². The van der Waals surface area contributed by atoms with Crippen molar-refractivity contribution in [3.05, 3.63) is 0 Å². The monoisotopic (exact) mass is 271 g/mol. The van der Waals surface area contributed by atoms with E-state index >= 15 is 0 Å². The molecule has 0 bridgehead atoms. The van der Waals surface area contributed by atoms with Crippen LogP contribution in [-0.4, -0.2) is 73.6 Å². The molecule has 0 aromatic heterocycles. The molecule has 1 aliphatic heterocycles. The largest absolute Gasteiger partial charge is 0.396 e. The van der Waals surface area contributed by atoms with Gasteiger partial charge >= 0.3 is 0 Å². The first-order valence-corrected chi connectivity index (χ1v) is 6.85. The molecule has 0 saturated carbocycles. The van der Waals surface area contributed by atoms with E-state index in [9.17, 15) is 9.59 Å². The molecule has 1 fully saturated rings. The Bertz CT molecular complexity index is 308. The molecule has 0 aliphatic carbocycles. The molecule has 1 rings (SSSR count). The summed E-state index contributed by atoms with van der Waals surface area (Å²) in [5.74, 6) is -0.233. The number of hydrogen-bond acceptors (Lipinski definition) is 4. The average molecular weight is 271 g/mol. The van der Waals surface area contributed by atoms with Crippen molar-refractivity contribution in [2.75, 3.05) is 46.9 Å². The minimum absolute atomic E-state index is 0.0700. The van der Waals surface area contributed by atoms with E-state index < -0.39 is 0 Å². The summed E-state index contributed by atoms with van der Waals surface area (Å²) in [6.45, 7) is 2.73. The third kappa shape index (κ3) is 5.57. The Hall–Kier alpha value is -1.14. The lowest BCUT2D eigenvalue weighted by Gasteiger charge is -2.18. The molecule has 0 radical (unpaired) electrons. The van der Waals surface area contributed by atoms with Gasteiger partial charge in [0.15, 0.2) is 0 Å². The number of aliphatic hydroxyl groups excluding tert-OH is 1. The van der Waals surface area contributed by atoms with Crippen molar-refractivity contribution in [2.24, 2.45) is 5.92 Å². The number of amides is 2. The summed E-state index contributed by atoms with van der Waals surface area (Å²) >= 11 is 0. The van der Waals surface area contributed by atoms with E-state index in [0.29, 0.717) is 25.9 Å². The van der Waals surface area contributed by atoms with E-state index in [4.69, 9.17) is 5.11 Å². The first-order chi connectivity index (χ1) is 9.04. The predicted molar refractivity (Wildman–Crippen MR) is 72.6 cm³/mol. The summed E-state index contributed by atoms with van der Waals surface area (Å²) in [7, 11) is 4.01. The van der Waals surface area contributed by atoms with E-state index in [0.717, 1.165) is 19.5 Å². The molecular formula is C13H25N3O3. The van der Waals surface area contributed by atoms with Gasteiger partial charge in [0, 0.05) is 32.7 Å². The maximum atomic E-state index is 11.8. The van der Waals surface area contributed by atoms with Crippen molar-refractivity contribution in [1.82, 2.24) is 15.1 Å². The zero-order chi connectivity index (χ0) is 14.3. The molecule has 1 heterocycles. The molecule has 1 saturated heterocycles. The summed E-state index contributed by atoms with van der Waals surface area (Å²) < 4.78 is 0. The Morgan fingerprint density at radius 2 is 2.21 bits per heavy atom. The average Bonchev–Trinajstić information content (AvgIpc) is 2.71. The van der Waals surface area contributed by atoms with Gasteiger partial charge in [-0.1, -0.05) is 0 Å². The third-order valence-corrected chi connectivity index (χ3v) is 3.25. The van der Waals surface area contributed by atoms with Gasteiger partial charge < -0.3 is 20.2 Å². The standard InChI is InChI=1S/C13H25N3O3/c1-15(2)6-4-7-16-10-11(9-12(16)18)13(19)14-5-3-8-17/h11,17H,3-10H2,1-2H3,(H,14,19). The normalized spacial score (nSPS) is 19.3. The number of nitrogens with zero attached hydrogens (tertiary/aromatic N) is 2. The highest BCUT2D eigenvalue weighted by Gasteiger charge is 2.33. The Labute approximate surface area is 114 Å². The number of likely N-dealkylation sites (tertiary alicyclic amines) is 1. The number of aliphatic hydroxyl groups is 1. The summed E-state index contributed by atoms with van der Waals surface area (Å²) in [6, 6.07) is 0. The fraction of sp³-hybridized carbons (Fsp3) is 0.846. The highest BCUT2D eigenvalue weighted by Crippen LogP contribution is 2.18. The number of carbonyl (C=O) groups excluding carboxylic acids is 2. The van der Waals surface area contributed by atoms with Gasteiger partial charge in [0.25, 0.3) is 0 Å². The molecule has 0 aromatic carbocycles. The summed E-state index contributed by atoms with van der Waals surface area (Å²) in [5.41, 5.74) is 0. The Morgan fingerprint density at radius 3 is 2.84 bits per heavy atom. The summed E-state index contributed by atoms with van der Waals surface area (Å²) in [6.07, 6.45) is 1.80. The molecule has 0 aromatic rings. The molecule has 6 nitrogen and oxygen atoms in total. The number of rotatable bonds is 8. The molecule has 1 unspecified atom stereocenters. The van der Waals surface area contributed by atoms with Gasteiger partial charge in [-0.05, 0) is 33.5 Å². The lowest BCUT2D eigenvalue weighted by molar-refractivity contribution is -0.129. The first kappa shape index (κ1) is 15.9. The van der Waals surface area contributed by atoms with Crippen LogP contribution in [0.3, 0.4) is 0 Å². The Kier molecular flexibility index (Phi) is 6.80. The SMILES string of the molecule is CN(C)CCCN1CC(C(=O)NCCCO)CC1=O. The first-order valence-electron chi connectivity index (χ1n) is 6.85. The second kappa shape index (κ2) is 8.12. The zero-order valence-corrected chi connectivity index (χ0v) is 11.9. The lowest BCUT2D eigenvalue weighted by Crippen LogP contribution is -2.34. The maximum Gasteiger partial charge on any atom is 0.225 e. The second-order valence-electron chi connectivity index (χ2n) is 5.27. The quantitative estimate of drug-likeness (QED) is 0.572. The molecule has 1 aliphatic rings. The van der Waals surface area contributed by atoms with Crippen molar-refractivity contribution in [2.45, 2.75) is 19.3 Å². The van der Waals surface area contributed by atoms with E-state index in [1.807, 2.05) is 14.1 Å². The van der Waals surface area contributed by atoms with Crippen molar-refractivity contribution in [1.29, 1.82) is 0 Å². The fourth-order valence-corrected chi connectivity index (χ4v) is 2.18. The molecule has 2 amide bonds. The van der Waals surface area contributed by atoms with Crippen LogP contribution in [0, 0.1) is 5.92 Å². The molecule has 0 spiro atoms. The van der Waals surface area contributed by atoms with Crippen LogP contribution in [0.15, 0.2) is 0 Å². The molecular weight excluding hydrogens is 246 g/mol. The zero-order valence-electron chi connectivity index (χ0n) is 11.9. The smallest absolute Gasteiger partial charge is 0.225 e. The van der Waals surface area contributed by atoms with E-state index in [-0.39, 0.29) is 24.3 Å². The third-order valence-electron chi connectivity index (χ3n) is 3.25. The molecule has 110 valence electrons. The number of hydrogen-bond donors (Lipinski definition) is 2. The van der Waals surface area contributed by atoms with Crippen LogP contribution in [0.25, 0.3) is 0 Å². The van der Waals surface area contributed by atoms with E-state index in [1.54, 1.807) is 4.90 Å². The molecule has 19 heavy (non-hydrogen) atoms. The van der Waals surface area contributed by atoms with Gasteiger partial charge in [-0.15, -0.1) is 0 Å². The minimum Gasteiger partial charge on any atom is -0.396 e. The van der Waals surface area contributed by atoms with Gasteiger partial charge in [-0.25, -0.2) is 0 Å². The topological polar surface area (TPSA) is 72.9 Å². The van der Waals surface area contributed by atoms with Gasteiger partial charge in [-0.2, -0.15) is 0 Å².